The van der Waals surface area contributed by atoms with E-state index in [1.165, 1.54) is 0 Å². The Morgan fingerprint density at radius 3 is 2.15 bits per heavy atom. The van der Waals surface area contributed by atoms with Crippen molar-refractivity contribution in [2.24, 2.45) is 11.3 Å². The van der Waals surface area contributed by atoms with E-state index in [-0.39, 0.29) is 24.4 Å². The Morgan fingerprint density at radius 1 is 1.25 bits per heavy atom. The molecular weight excluding hydrogens is 319 g/mol. The lowest BCUT2D eigenvalue weighted by Crippen LogP contribution is -2.50. The minimum atomic E-state index is -1.11. The summed E-state index contributed by atoms with van der Waals surface area (Å²) in [5.74, 6) is 5.34. The Labute approximate surface area is 136 Å². The van der Waals surface area contributed by atoms with Gasteiger partial charge in [-0.05, 0) is 17.5 Å². The molecule has 0 aliphatic heterocycles. The second kappa shape index (κ2) is 7.64. The van der Waals surface area contributed by atoms with Crippen LogP contribution in [0.25, 0.3) is 6.08 Å². The van der Waals surface area contributed by atoms with Gasteiger partial charge in [0.1, 0.15) is 5.60 Å². The van der Waals surface area contributed by atoms with Crippen LogP contribution in [0.1, 0.15) is 26.3 Å². The average Bonchev–Trinajstić information content (AvgIpc) is 2.27. The van der Waals surface area contributed by atoms with E-state index in [0.717, 1.165) is 0 Å². The van der Waals surface area contributed by atoms with E-state index >= 15 is 0 Å². The quantitative estimate of drug-likeness (QED) is 0.579. The van der Waals surface area contributed by atoms with Crippen molar-refractivity contribution in [2.45, 2.75) is 26.4 Å². The zero-order valence-corrected chi connectivity index (χ0v) is 14.1. The first kappa shape index (κ1) is 19.7. The highest BCUT2D eigenvalue weighted by molar-refractivity contribution is 6.37. The lowest BCUT2D eigenvalue weighted by molar-refractivity contribution is -0.0116. The first-order valence-electron chi connectivity index (χ1n) is 6.00. The van der Waals surface area contributed by atoms with Gasteiger partial charge in [0.2, 0.25) is 0 Å². The SMILES string of the molecule is CC(C)(C)C(O)(C=Cc1c(Cl)cccc1Cl)CNN.Cl. The van der Waals surface area contributed by atoms with Crippen LogP contribution >= 0.6 is 35.6 Å². The highest BCUT2D eigenvalue weighted by Gasteiger charge is 2.37. The third-order valence-electron chi connectivity index (χ3n) is 3.20. The van der Waals surface area contributed by atoms with E-state index in [1.54, 1.807) is 30.4 Å². The van der Waals surface area contributed by atoms with E-state index in [4.69, 9.17) is 29.0 Å². The molecule has 0 aromatic heterocycles. The molecule has 1 aromatic carbocycles. The fraction of sp³-hybridized carbons (Fsp3) is 0.429. The Balaban J connectivity index is 0.00000361. The molecule has 20 heavy (non-hydrogen) atoms. The van der Waals surface area contributed by atoms with Crippen molar-refractivity contribution in [3.8, 4) is 0 Å². The molecule has 0 saturated carbocycles. The van der Waals surface area contributed by atoms with Gasteiger partial charge in [0.15, 0.2) is 0 Å². The molecule has 0 bridgehead atoms. The number of aliphatic hydroxyl groups is 1. The highest BCUT2D eigenvalue weighted by atomic mass is 35.5. The first-order valence-corrected chi connectivity index (χ1v) is 6.76. The van der Waals surface area contributed by atoms with Gasteiger partial charge in [-0.1, -0.05) is 62.2 Å². The number of halogens is 3. The van der Waals surface area contributed by atoms with Gasteiger partial charge in [-0.25, -0.2) is 0 Å². The van der Waals surface area contributed by atoms with Gasteiger partial charge in [-0.3, -0.25) is 11.3 Å². The highest BCUT2D eigenvalue weighted by Crippen LogP contribution is 2.33. The van der Waals surface area contributed by atoms with Crippen molar-refractivity contribution >= 4 is 41.7 Å². The zero-order valence-electron chi connectivity index (χ0n) is 11.8. The van der Waals surface area contributed by atoms with Gasteiger partial charge >= 0.3 is 0 Å². The maximum Gasteiger partial charge on any atom is 0.102 e. The fourth-order valence-electron chi connectivity index (χ4n) is 1.62. The van der Waals surface area contributed by atoms with Gasteiger partial charge in [0, 0.05) is 22.2 Å². The van der Waals surface area contributed by atoms with Crippen molar-refractivity contribution in [3.63, 3.8) is 0 Å². The molecule has 1 unspecified atom stereocenters. The van der Waals surface area contributed by atoms with Crippen LogP contribution in [0.5, 0.6) is 0 Å². The molecule has 0 radical (unpaired) electrons. The number of hydrazine groups is 1. The van der Waals surface area contributed by atoms with Crippen LogP contribution in [0, 0.1) is 5.41 Å². The molecule has 0 aliphatic rings. The number of nitrogens with two attached hydrogens (primary N) is 1. The lowest BCUT2D eigenvalue weighted by atomic mass is 9.76. The van der Waals surface area contributed by atoms with Crippen LogP contribution in [-0.2, 0) is 0 Å². The average molecular weight is 340 g/mol. The third kappa shape index (κ3) is 4.62. The van der Waals surface area contributed by atoms with Crippen molar-refractivity contribution in [1.29, 1.82) is 0 Å². The van der Waals surface area contributed by atoms with E-state index in [2.05, 4.69) is 5.43 Å². The monoisotopic (exact) mass is 338 g/mol. The maximum absolute atomic E-state index is 10.7. The molecule has 0 heterocycles. The van der Waals surface area contributed by atoms with Crippen LogP contribution in [0.2, 0.25) is 10.0 Å². The van der Waals surface area contributed by atoms with Crippen molar-refractivity contribution in [3.05, 3.63) is 39.9 Å². The Kier molecular flexibility index (Phi) is 7.53. The molecular formula is C14H21Cl3N2O. The number of hydrogen-bond donors (Lipinski definition) is 3. The minimum Gasteiger partial charge on any atom is -0.384 e. The summed E-state index contributed by atoms with van der Waals surface area (Å²) in [6.07, 6.45) is 3.41. The van der Waals surface area contributed by atoms with Crippen molar-refractivity contribution in [1.82, 2.24) is 5.43 Å². The molecule has 1 aromatic rings. The maximum atomic E-state index is 10.7. The summed E-state index contributed by atoms with van der Waals surface area (Å²) in [6, 6.07) is 5.29. The van der Waals surface area contributed by atoms with Gasteiger partial charge in [-0.2, -0.15) is 0 Å². The van der Waals surface area contributed by atoms with Crippen LogP contribution < -0.4 is 11.3 Å². The van der Waals surface area contributed by atoms with Crippen LogP contribution in [0.4, 0.5) is 0 Å². The summed E-state index contributed by atoms with van der Waals surface area (Å²) in [5.41, 5.74) is 1.71. The number of nitrogens with one attached hydrogen (secondary N) is 1. The minimum absolute atomic E-state index is 0. The van der Waals surface area contributed by atoms with E-state index in [9.17, 15) is 5.11 Å². The summed E-state index contributed by atoms with van der Waals surface area (Å²) >= 11 is 12.2. The predicted molar refractivity (Wildman–Crippen MR) is 89.3 cm³/mol. The molecule has 4 N–H and O–H groups in total. The molecule has 1 atom stereocenters. The summed E-state index contributed by atoms with van der Waals surface area (Å²) < 4.78 is 0. The molecule has 114 valence electrons. The van der Waals surface area contributed by atoms with Crippen LogP contribution in [0.3, 0.4) is 0 Å². The third-order valence-corrected chi connectivity index (χ3v) is 3.85. The largest absolute Gasteiger partial charge is 0.384 e. The Morgan fingerprint density at radius 2 is 1.75 bits per heavy atom. The van der Waals surface area contributed by atoms with Crippen molar-refractivity contribution in [2.75, 3.05) is 6.54 Å². The van der Waals surface area contributed by atoms with Crippen molar-refractivity contribution < 1.29 is 5.11 Å². The normalized spacial score (nSPS) is 14.9. The summed E-state index contributed by atoms with van der Waals surface area (Å²) in [4.78, 5) is 0. The van der Waals surface area contributed by atoms with E-state index < -0.39 is 5.60 Å². The standard InChI is InChI=1S/C14H20Cl2N2O.ClH/c1-13(2,3)14(19,9-18-17)8-7-10-11(15)5-4-6-12(10)16;/h4-8,18-19H,9,17H2,1-3H3;1H. The van der Waals surface area contributed by atoms with Gasteiger partial charge in [0.05, 0.1) is 0 Å². The second-order valence-corrected chi connectivity index (χ2v) is 6.34. The summed E-state index contributed by atoms with van der Waals surface area (Å²) in [7, 11) is 0. The van der Waals surface area contributed by atoms with E-state index in [0.29, 0.717) is 15.6 Å². The van der Waals surface area contributed by atoms with Gasteiger partial charge in [0.25, 0.3) is 0 Å². The molecule has 0 spiro atoms. The predicted octanol–water partition coefficient (Wildman–Crippen LogP) is 3.67. The number of benzene rings is 1. The second-order valence-electron chi connectivity index (χ2n) is 5.52. The smallest absolute Gasteiger partial charge is 0.102 e. The summed E-state index contributed by atoms with van der Waals surface area (Å²) in [6.45, 7) is 6.03. The molecule has 0 aliphatic carbocycles. The Bertz CT molecular complexity index is 452. The summed E-state index contributed by atoms with van der Waals surface area (Å²) in [5, 5.41) is 11.8. The molecule has 0 amide bonds. The number of rotatable bonds is 4. The molecule has 0 fully saturated rings. The molecule has 0 saturated heterocycles. The van der Waals surface area contributed by atoms with E-state index in [1.807, 2.05) is 20.8 Å². The van der Waals surface area contributed by atoms with Gasteiger partial charge in [-0.15, -0.1) is 12.4 Å². The molecule has 1 rings (SSSR count). The zero-order chi connectivity index (χ0) is 14.7. The first-order chi connectivity index (χ1) is 8.71. The van der Waals surface area contributed by atoms with Gasteiger partial charge < -0.3 is 5.11 Å². The molecule has 6 heteroatoms. The molecule has 3 nitrogen and oxygen atoms in total. The number of hydrogen-bond acceptors (Lipinski definition) is 3. The topological polar surface area (TPSA) is 58.3 Å². The lowest BCUT2D eigenvalue weighted by Gasteiger charge is -2.37. The van der Waals surface area contributed by atoms with Crippen LogP contribution in [-0.4, -0.2) is 17.3 Å². The van der Waals surface area contributed by atoms with Crippen LogP contribution in [0.15, 0.2) is 24.3 Å². The fourth-order valence-corrected chi connectivity index (χ4v) is 2.14. The Hall–Kier alpha value is -0.290.